The highest BCUT2D eigenvalue weighted by atomic mass is 32.1. The zero-order valence-electron chi connectivity index (χ0n) is 19.6. The molecule has 0 fully saturated rings. The number of nitrogens with zero attached hydrogens (tertiary/aromatic N) is 3. The number of carbonyl (C=O) groups is 2. The van der Waals surface area contributed by atoms with E-state index in [0.29, 0.717) is 11.1 Å². The van der Waals surface area contributed by atoms with E-state index in [2.05, 4.69) is 24.8 Å². The fourth-order valence-corrected chi connectivity index (χ4v) is 4.80. The third-order valence-electron chi connectivity index (χ3n) is 5.78. The lowest BCUT2D eigenvalue weighted by atomic mass is 9.94. The van der Waals surface area contributed by atoms with Crippen LogP contribution in [0.25, 0.3) is 6.08 Å². The maximum atomic E-state index is 13.3. The number of hydrogen-bond donors (Lipinski definition) is 0. The van der Waals surface area contributed by atoms with Crippen molar-refractivity contribution in [3.05, 3.63) is 69.6 Å². The third kappa shape index (κ3) is 5.80. The van der Waals surface area contributed by atoms with E-state index < -0.39 is 5.91 Å². The SMILES string of the molecule is CCCCN(CCCC)c1ccc(/C=C2/C(=O)N(Cc3ccccc3)C(=O)C(C#N)=C2C)s1. The van der Waals surface area contributed by atoms with Crippen molar-refractivity contribution in [2.45, 2.75) is 53.0 Å². The quantitative estimate of drug-likeness (QED) is 0.324. The zero-order chi connectivity index (χ0) is 23.8. The molecule has 0 bridgehead atoms. The molecule has 0 aliphatic carbocycles. The van der Waals surface area contributed by atoms with Crippen molar-refractivity contribution in [3.8, 4) is 6.07 Å². The lowest BCUT2D eigenvalue weighted by Gasteiger charge is -2.27. The van der Waals surface area contributed by atoms with Crippen molar-refractivity contribution in [3.63, 3.8) is 0 Å². The second-order valence-electron chi connectivity index (χ2n) is 8.22. The van der Waals surface area contributed by atoms with Crippen molar-refractivity contribution in [1.29, 1.82) is 5.26 Å². The van der Waals surface area contributed by atoms with Crippen LogP contribution in [0.3, 0.4) is 0 Å². The Hall–Kier alpha value is -3.17. The number of carbonyl (C=O) groups excluding carboxylic acids is 2. The van der Waals surface area contributed by atoms with Crippen molar-refractivity contribution < 1.29 is 9.59 Å². The van der Waals surface area contributed by atoms with E-state index in [1.807, 2.05) is 48.5 Å². The first-order valence-electron chi connectivity index (χ1n) is 11.6. The molecule has 1 aliphatic rings. The Kier molecular flexibility index (Phi) is 8.62. The Labute approximate surface area is 200 Å². The van der Waals surface area contributed by atoms with Gasteiger partial charge in [0.1, 0.15) is 11.6 Å². The molecule has 3 rings (SSSR count). The van der Waals surface area contributed by atoms with Crippen molar-refractivity contribution >= 4 is 34.2 Å². The van der Waals surface area contributed by atoms with Crippen LogP contribution in [0, 0.1) is 11.3 Å². The third-order valence-corrected chi connectivity index (χ3v) is 6.88. The summed E-state index contributed by atoms with van der Waals surface area (Å²) in [5, 5.41) is 10.8. The van der Waals surface area contributed by atoms with Crippen LogP contribution in [0.15, 0.2) is 59.2 Å². The average molecular weight is 462 g/mol. The molecule has 5 nitrogen and oxygen atoms in total. The van der Waals surface area contributed by atoms with E-state index >= 15 is 0 Å². The molecule has 2 heterocycles. The number of unbranched alkanes of at least 4 members (excludes halogenated alkanes) is 2. The summed E-state index contributed by atoms with van der Waals surface area (Å²) in [4.78, 5) is 30.7. The molecule has 0 atom stereocenters. The topological polar surface area (TPSA) is 64.4 Å². The lowest BCUT2D eigenvalue weighted by Crippen LogP contribution is -2.42. The molecule has 1 aromatic carbocycles. The molecule has 1 aliphatic heterocycles. The van der Waals surface area contributed by atoms with E-state index in [1.54, 1.807) is 18.3 Å². The van der Waals surface area contributed by atoms with Gasteiger partial charge in [-0.2, -0.15) is 5.26 Å². The van der Waals surface area contributed by atoms with Crippen LogP contribution in [-0.4, -0.2) is 29.8 Å². The second-order valence-corrected chi connectivity index (χ2v) is 9.32. The monoisotopic (exact) mass is 461 g/mol. The molecule has 2 aromatic rings. The zero-order valence-corrected chi connectivity index (χ0v) is 20.5. The first kappa shape index (κ1) is 24.5. The molecule has 0 N–H and O–H groups in total. The summed E-state index contributed by atoms with van der Waals surface area (Å²) in [6.07, 6.45) is 6.39. The fraction of sp³-hybridized carbons (Fsp3) is 0.370. The van der Waals surface area contributed by atoms with Crippen molar-refractivity contribution in [1.82, 2.24) is 4.90 Å². The van der Waals surface area contributed by atoms with Gasteiger partial charge in [0.25, 0.3) is 11.8 Å². The molecule has 0 spiro atoms. The summed E-state index contributed by atoms with van der Waals surface area (Å²) in [5.41, 5.74) is 1.72. The van der Waals surface area contributed by atoms with Crippen molar-refractivity contribution in [2.24, 2.45) is 0 Å². The highest BCUT2D eigenvalue weighted by molar-refractivity contribution is 7.17. The van der Waals surface area contributed by atoms with Gasteiger partial charge in [0.2, 0.25) is 0 Å². The van der Waals surface area contributed by atoms with E-state index in [0.717, 1.165) is 49.2 Å². The number of hydrogen-bond acceptors (Lipinski definition) is 5. The largest absolute Gasteiger partial charge is 0.363 e. The van der Waals surface area contributed by atoms with Gasteiger partial charge in [-0.25, -0.2) is 0 Å². The predicted molar refractivity (Wildman–Crippen MR) is 135 cm³/mol. The number of nitriles is 1. The molecular weight excluding hydrogens is 430 g/mol. The van der Waals surface area contributed by atoms with Gasteiger partial charge in [-0.1, -0.05) is 57.0 Å². The minimum Gasteiger partial charge on any atom is -0.363 e. The van der Waals surface area contributed by atoms with E-state index in [4.69, 9.17) is 0 Å². The number of rotatable bonds is 10. The van der Waals surface area contributed by atoms with E-state index in [9.17, 15) is 14.9 Å². The van der Waals surface area contributed by atoms with Gasteiger partial charge in [-0.3, -0.25) is 14.5 Å². The minimum atomic E-state index is -0.529. The van der Waals surface area contributed by atoms with Crippen LogP contribution in [0.5, 0.6) is 0 Å². The maximum absolute atomic E-state index is 13.3. The summed E-state index contributed by atoms with van der Waals surface area (Å²) >= 11 is 1.64. The smallest absolute Gasteiger partial charge is 0.271 e. The molecule has 2 amide bonds. The summed E-state index contributed by atoms with van der Waals surface area (Å²) in [6.45, 7) is 8.25. The molecule has 33 heavy (non-hydrogen) atoms. The molecule has 6 heteroatoms. The molecule has 1 aromatic heterocycles. The predicted octanol–water partition coefficient (Wildman–Crippen LogP) is 5.95. The van der Waals surface area contributed by atoms with Gasteiger partial charge in [0, 0.05) is 23.5 Å². The summed E-state index contributed by atoms with van der Waals surface area (Å²) in [6, 6.07) is 15.5. The van der Waals surface area contributed by atoms with Gasteiger partial charge >= 0.3 is 0 Å². The van der Waals surface area contributed by atoms with Crippen LogP contribution in [-0.2, 0) is 16.1 Å². The van der Waals surface area contributed by atoms with E-state index in [-0.39, 0.29) is 18.0 Å². The number of anilines is 1. The van der Waals surface area contributed by atoms with Crippen LogP contribution in [0.2, 0.25) is 0 Å². The number of imide groups is 1. The van der Waals surface area contributed by atoms with Crippen LogP contribution < -0.4 is 4.90 Å². The Balaban J connectivity index is 1.92. The number of benzene rings is 1. The number of amides is 2. The maximum Gasteiger partial charge on any atom is 0.271 e. The van der Waals surface area contributed by atoms with E-state index in [1.165, 1.54) is 9.90 Å². The standard InChI is InChI=1S/C27H31N3O2S/c1-4-6-15-29(16-7-5-2)25-14-13-22(33-25)17-23-20(3)24(18-28)27(32)30(26(23)31)19-21-11-9-8-10-12-21/h8-14,17H,4-7,15-16,19H2,1-3H3/b23-17+. The summed E-state index contributed by atoms with van der Waals surface area (Å²) < 4.78 is 0. The summed E-state index contributed by atoms with van der Waals surface area (Å²) in [5.74, 6) is -0.887. The van der Waals surface area contributed by atoms with Gasteiger partial charge in [0.15, 0.2) is 0 Å². The van der Waals surface area contributed by atoms with Crippen LogP contribution in [0.4, 0.5) is 5.00 Å². The highest BCUT2D eigenvalue weighted by Gasteiger charge is 2.35. The van der Waals surface area contributed by atoms with Crippen LogP contribution in [0.1, 0.15) is 56.9 Å². The van der Waals surface area contributed by atoms with Crippen molar-refractivity contribution in [2.75, 3.05) is 18.0 Å². The Morgan fingerprint density at radius 2 is 1.67 bits per heavy atom. The van der Waals surface area contributed by atoms with Gasteiger partial charge < -0.3 is 4.90 Å². The molecule has 0 saturated carbocycles. The molecular formula is C27H31N3O2S. The molecule has 0 saturated heterocycles. The lowest BCUT2D eigenvalue weighted by molar-refractivity contribution is -0.141. The summed E-state index contributed by atoms with van der Waals surface area (Å²) in [7, 11) is 0. The number of thiophene rings is 1. The van der Waals surface area contributed by atoms with Gasteiger partial charge in [0.05, 0.1) is 11.5 Å². The Morgan fingerprint density at radius 1 is 1.00 bits per heavy atom. The Bertz CT molecular complexity index is 1080. The first-order valence-corrected chi connectivity index (χ1v) is 12.4. The van der Waals surface area contributed by atoms with Gasteiger partial charge in [-0.15, -0.1) is 11.3 Å². The Morgan fingerprint density at radius 3 is 2.27 bits per heavy atom. The molecule has 0 radical (unpaired) electrons. The second kappa shape index (κ2) is 11.6. The minimum absolute atomic E-state index is 0.0288. The highest BCUT2D eigenvalue weighted by Crippen LogP contribution is 2.32. The molecule has 0 unspecified atom stereocenters. The molecule has 172 valence electrons. The fourth-order valence-electron chi connectivity index (χ4n) is 3.80. The van der Waals surface area contributed by atoms with Crippen LogP contribution >= 0.6 is 11.3 Å². The van der Waals surface area contributed by atoms with Gasteiger partial charge in [-0.05, 0) is 49.1 Å². The first-order chi connectivity index (χ1) is 16.0. The normalized spacial score (nSPS) is 15.3. The average Bonchev–Trinajstić information content (AvgIpc) is 3.29.